The zero-order valence-electron chi connectivity index (χ0n) is 23.2. The molecule has 3 aliphatic rings. The molecule has 210 valence electrons. The molecule has 0 N–H and O–H groups in total. The van der Waals surface area contributed by atoms with Crippen LogP contribution in [0.5, 0.6) is 0 Å². The van der Waals surface area contributed by atoms with Crippen LogP contribution in [0, 0.1) is 24.2 Å². The van der Waals surface area contributed by atoms with Crippen LogP contribution in [0.2, 0.25) is 0 Å². The van der Waals surface area contributed by atoms with Crippen LogP contribution in [0.4, 0.5) is 5.82 Å². The van der Waals surface area contributed by atoms with E-state index in [1.807, 2.05) is 13.0 Å². The van der Waals surface area contributed by atoms with E-state index in [4.69, 9.17) is 17.0 Å². The minimum absolute atomic E-state index is 0.0897. The fraction of sp³-hybridized carbons (Fsp3) is 0.621. The SMILES string of the molecule is CCCCn1c(N2CCC(C(=O)OCC)CC2)c(/C=C2/SC(=S)N(C3CCCCC3)C2=O)c(C)c(C#N)c1=O. The van der Waals surface area contributed by atoms with Gasteiger partial charge in [-0.05, 0) is 57.6 Å². The van der Waals surface area contributed by atoms with E-state index in [9.17, 15) is 19.6 Å². The molecule has 0 aromatic carbocycles. The predicted octanol–water partition coefficient (Wildman–Crippen LogP) is 5.14. The molecule has 3 heterocycles. The number of nitriles is 1. The highest BCUT2D eigenvalue weighted by atomic mass is 32.2. The van der Waals surface area contributed by atoms with E-state index in [0.29, 0.717) is 59.4 Å². The standard InChI is InChI=1S/C29H38N4O4S2/c1-4-6-14-32-25(31-15-12-20(13-16-31)28(36)37-5-2)22(19(3)23(18-30)26(32)34)17-24-27(35)33(29(38)39-24)21-10-8-7-9-11-21/h17,20-21H,4-16H2,1-3H3/b24-17+. The first-order valence-corrected chi connectivity index (χ1v) is 15.4. The summed E-state index contributed by atoms with van der Waals surface area (Å²) in [7, 11) is 0. The molecule has 1 aromatic heterocycles. The van der Waals surface area contributed by atoms with Gasteiger partial charge < -0.3 is 9.64 Å². The number of thiocarbonyl (C=S) groups is 1. The average molecular weight is 571 g/mol. The Labute approximate surface area is 240 Å². The van der Waals surface area contributed by atoms with Gasteiger partial charge in [-0.1, -0.05) is 56.6 Å². The molecule has 8 nitrogen and oxygen atoms in total. The first-order chi connectivity index (χ1) is 18.8. The van der Waals surface area contributed by atoms with Gasteiger partial charge in [0, 0.05) is 31.2 Å². The fourth-order valence-electron chi connectivity index (χ4n) is 5.86. The summed E-state index contributed by atoms with van der Waals surface area (Å²) in [6.45, 7) is 7.63. The van der Waals surface area contributed by atoms with Crippen molar-refractivity contribution < 1.29 is 14.3 Å². The second-order valence-corrected chi connectivity index (χ2v) is 12.2. The van der Waals surface area contributed by atoms with Crippen LogP contribution < -0.4 is 10.5 Å². The van der Waals surface area contributed by atoms with Crippen LogP contribution in [-0.2, 0) is 20.9 Å². The number of amides is 1. The summed E-state index contributed by atoms with van der Waals surface area (Å²) in [6.07, 6.45) is 10.0. The lowest BCUT2D eigenvalue weighted by Gasteiger charge is -2.35. The number of aromatic nitrogens is 1. The molecule has 0 radical (unpaired) electrons. The van der Waals surface area contributed by atoms with Crippen LogP contribution in [0.3, 0.4) is 0 Å². The van der Waals surface area contributed by atoms with Gasteiger partial charge in [0.05, 0.1) is 17.4 Å². The van der Waals surface area contributed by atoms with E-state index in [0.717, 1.165) is 44.3 Å². The van der Waals surface area contributed by atoms with Gasteiger partial charge in [0.1, 0.15) is 21.8 Å². The van der Waals surface area contributed by atoms with Crippen molar-refractivity contribution in [3.8, 4) is 6.07 Å². The highest BCUT2D eigenvalue weighted by molar-refractivity contribution is 8.26. The highest BCUT2D eigenvalue weighted by Gasteiger charge is 2.38. The van der Waals surface area contributed by atoms with Gasteiger partial charge in [-0.2, -0.15) is 5.26 Å². The Morgan fingerprint density at radius 2 is 1.85 bits per heavy atom. The molecule has 1 amide bonds. The van der Waals surface area contributed by atoms with Gasteiger partial charge in [-0.3, -0.25) is 23.9 Å². The van der Waals surface area contributed by atoms with Gasteiger partial charge in [-0.15, -0.1) is 0 Å². The second kappa shape index (κ2) is 13.1. The normalized spacial score (nSPS) is 20.1. The van der Waals surface area contributed by atoms with Gasteiger partial charge in [0.15, 0.2) is 0 Å². The molecule has 0 bridgehead atoms. The third-order valence-corrected chi connectivity index (χ3v) is 9.37. The number of nitrogens with zero attached hydrogens (tertiary/aromatic N) is 4. The number of thioether (sulfide) groups is 1. The third kappa shape index (κ3) is 6.09. The van der Waals surface area contributed by atoms with Crippen molar-refractivity contribution in [3.05, 3.63) is 31.9 Å². The molecule has 39 heavy (non-hydrogen) atoms. The Morgan fingerprint density at radius 1 is 1.15 bits per heavy atom. The highest BCUT2D eigenvalue weighted by Crippen LogP contribution is 2.39. The van der Waals surface area contributed by atoms with Crippen LogP contribution in [-0.4, -0.2) is 51.4 Å². The molecule has 0 unspecified atom stereocenters. The minimum atomic E-state index is -0.308. The summed E-state index contributed by atoms with van der Waals surface area (Å²) in [5.74, 6) is 0.276. The summed E-state index contributed by atoms with van der Waals surface area (Å²) < 4.78 is 7.52. The van der Waals surface area contributed by atoms with E-state index in [-0.39, 0.29) is 35.0 Å². The summed E-state index contributed by atoms with van der Waals surface area (Å²) >= 11 is 6.96. The summed E-state index contributed by atoms with van der Waals surface area (Å²) in [5.41, 5.74) is 1.07. The molecular formula is C29H38N4O4S2. The maximum absolute atomic E-state index is 13.6. The van der Waals surface area contributed by atoms with Crippen LogP contribution in [0.25, 0.3) is 6.08 Å². The van der Waals surface area contributed by atoms with Crippen molar-refractivity contribution in [1.82, 2.24) is 9.47 Å². The average Bonchev–Trinajstić information content (AvgIpc) is 3.22. The smallest absolute Gasteiger partial charge is 0.309 e. The lowest BCUT2D eigenvalue weighted by molar-refractivity contribution is -0.148. The van der Waals surface area contributed by atoms with Crippen molar-refractivity contribution in [2.24, 2.45) is 5.92 Å². The van der Waals surface area contributed by atoms with Crippen molar-refractivity contribution >= 4 is 52.1 Å². The van der Waals surface area contributed by atoms with Crippen molar-refractivity contribution in [2.45, 2.75) is 91.1 Å². The Kier molecular flexibility index (Phi) is 9.89. The Hall–Kier alpha value is -2.64. The molecule has 1 aliphatic carbocycles. The number of esters is 1. The molecular weight excluding hydrogens is 532 g/mol. The number of ether oxygens (including phenoxy) is 1. The van der Waals surface area contributed by atoms with E-state index in [1.165, 1.54) is 18.2 Å². The van der Waals surface area contributed by atoms with Gasteiger partial charge in [0.2, 0.25) is 0 Å². The zero-order chi connectivity index (χ0) is 28.1. The van der Waals surface area contributed by atoms with Crippen molar-refractivity contribution in [1.29, 1.82) is 5.26 Å². The Bertz CT molecular complexity index is 1250. The second-order valence-electron chi connectivity index (χ2n) is 10.5. The van der Waals surface area contributed by atoms with Crippen molar-refractivity contribution in [3.63, 3.8) is 0 Å². The molecule has 3 fully saturated rings. The van der Waals surface area contributed by atoms with E-state index in [2.05, 4.69) is 17.9 Å². The molecule has 10 heteroatoms. The quantitative estimate of drug-likeness (QED) is 0.241. The molecule has 0 spiro atoms. The number of pyridine rings is 1. The predicted molar refractivity (Wildman–Crippen MR) is 159 cm³/mol. The lowest BCUT2D eigenvalue weighted by atomic mass is 9.94. The fourth-order valence-corrected chi connectivity index (χ4v) is 7.24. The van der Waals surface area contributed by atoms with Gasteiger partial charge in [0.25, 0.3) is 11.5 Å². The maximum Gasteiger partial charge on any atom is 0.309 e. The number of hydrogen-bond donors (Lipinski definition) is 0. The first kappa shape index (κ1) is 29.3. The maximum atomic E-state index is 13.6. The molecule has 2 aliphatic heterocycles. The summed E-state index contributed by atoms with van der Waals surface area (Å²) in [6, 6.07) is 2.25. The molecule has 2 saturated heterocycles. The van der Waals surface area contributed by atoms with E-state index >= 15 is 0 Å². The number of hydrogen-bond acceptors (Lipinski definition) is 8. The van der Waals surface area contributed by atoms with Crippen LogP contribution in [0.1, 0.15) is 88.3 Å². The largest absolute Gasteiger partial charge is 0.466 e. The van der Waals surface area contributed by atoms with Crippen molar-refractivity contribution in [2.75, 3.05) is 24.6 Å². The molecule has 1 aromatic rings. The number of piperidine rings is 1. The Balaban J connectivity index is 1.77. The lowest BCUT2D eigenvalue weighted by Crippen LogP contribution is -2.41. The number of carbonyl (C=O) groups is 2. The monoisotopic (exact) mass is 570 g/mol. The number of unbranched alkanes of at least 4 members (excludes halogenated alkanes) is 1. The van der Waals surface area contributed by atoms with Gasteiger partial charge >= 0.3 is 5.97 Å². The van der Waals surface area contributed by atoms with E-state index in [1.54, 1.807) is 16.4 Å². The number of anilines is 1. The minimum Gasteiger partial charge on any atom is -0.466 e. The van der Waals surface area contributed by atoms with Crippen LogP contribution in [0.15, 0.2) is 9.70 Å². The number of rotatable bonds is 8. The number of carbonyl (C=O) groups excluding carboxylic acids is 2. The third-order valence-electron chi connectivity index (χ3n) is 8.03. The van der Waals surface area contributed by atoms with E-state index < -0.39 is 0 Å². The molecule has 4 rings (SSSR count). The zero-order valence-corrected chi connectivity index (χ0v) is 24.8. The molecule has 1 saturated carbocycles. The Morgan fingerprint density at radius 3 is 2.46 bits per heavy atom. The molecule has 0 atom stereocenters. The van der Waals surface area contributed by atoms with Gasteiger partial charge in [-0.25, -0.2) is 0 Å². The van der Waals surface area contributed by atoms with Crippen LogP contribution >= 0.6 is 24.0 Å². The summed E-state index contributed by atoms with van der Waals surface area (Å²) in [4.78, 5) is 44.0. The topological polar surface area (TPSA) is 95.6 Å². The summed E-state index contributed by atoms with van der Waals surface area (Å²) in [5, 5.41) is 9.94. The first-order valence-electron chi connectivity index (χ1n) is 14.2.